The van der Waals surface area contributed by atoms with Crippen LogP contribution in [0.1, 0.15) is 38.3 Å². The molecule has 2 unspecified atom stereocenters. The van der Waals surface area contributed by atoms with Crippen molar-refractivity contribution in [2.24, 2.45) is 5.92 Å². The number of hydrogen-bond acceptors (Lipinski definition) is 7. The third-order valence-corrected chi connectivity index (χ3v) is 5.41. The Morgan fingerprint density at radius 2 is 2.00 bits per heavy atom. The van der Waals surface area contributed by atoms with E-state index in [1.807, 2.05) is 26.0 Å². The van der Waals surface area contributed by atoms with Gasteiger partial charge in [-0.15, -0.1) is 0 Å². The Kier molecular flexibility index (Phi) is 4.03. The largest absolute Gasteiger partial charge is 0.512 e. The first-order valence-corrected chi connectivity index (χ1v) is 8.87. The van der Waals surface area contributed by atoms with E-state index in [0.29, 0.717) is 35.8 Å². The number of nitrogens with zero attached hydrogens (tertiary/aromatic N) is 3. The molecule has 2 aliphatic carbocycles. The molecule has 0 spiro atoms. The van der Waals surface area contributed by atoms with Crippen molar-refractivity contribution in [3.05, 3.63) is 41.6 Å². The summed E-state index contributed by atoms with van der Waals surface area (Å²) in [5.41, 5.74) is 8.69. The summed E-state index contributed by atoms with van der Waals surface area (Å²) in [6, 6.07) is 2.06. The molecule has 26 heavy (non-hydrogen) atoms. The quantitative estimate of drug-likeness (QED) is 0.670. The topological polar surface area (TPSA) is 117 Å². The van der Waals surface area contributed by atoms with Crippen molar-refractivity contribution in [2.75, 3.05) is 11.1 Å². The Morgan fingerprint density at radius 3 is 2.73 bits per heavy atom. The van der Waals surface area contributed by atoms with E-state index in [0.717, 1.165) is 16.7 Å². The summed E-state index contributed by atoms with van der Waals surface area (Å²) < 4.78 is 0. The van der Waals surface area contributed by atoms with Crippen LogP contribution >= 0.6 is 0 Å². The lowest BCUT2D eigenvalue weighted by Crippen LogP contribution is -2.39. The van der Waals surface area contributed by atoms with E-state index in [4.69, 9.17) is 10.7 Å². The van der Waals surface area contributed by atoms with Crippen LogP contribution in [0.25, 0.3) is 10.9 Å². The fourth-order valence-electron chi connectivity index (χ4n) is 3.80. The smallest absolute Gasteiger partial charge is 0.134 e. The lowest BCUT2D eigenvalue weighted by atomic mass is 9.79. The molecule has 7 heteroatoms. The van der Waals surface area contributed by atoms with Gasteiger partial charge in [-0.3, -0.25) is 0 Å². The van der Waals surface area contributed by atoms with Gasteiger partial charge in [0.25, 0.3) is 0 Å². The Bertz CT molecular complexity index is 918. The Hall–Kier alpha value is -2.67. The number of aliphatic hydroxyl groups is 2. The Labute approximate surface area is 151 Å². The zero-order valence-electron chi connectivity index (χ0n) is 14.8. The third-order valence-electron chi connectivity index (χ3n) is 5.41. The van der Waals surface area contributed by atoms with E-state index in [1.54, 1.807) is 6.08 Å². The van der Waals surface area contributed by atoms with Gasteiger partial charge in [0.2, 0.25) is 0 Å². The van der Waals surface area contributed by atoms with Crippen LogP contribution in [0.3, 0.4) is 0 Å². The van der Waals surface area contributed by atoms with Crippen LogP contribution in [0, 0.1) is 5.92 Å². The standard InChI is InChI=1S/C19H23N5O2/c1-9-3-4-14(26)10(2)16(9)18-17-13(19(20)22-8-21-17)7-15(24-18)23-11-5-12(25)6-11/h3-4,7-8,10-12,16,25-26H,5-6H2,1-2H3,(H,23,24)(H2,20,21,22). The van der Waals surface area contributed by atoms with Gasteiger partial charge in [-0.25, -0.2) is 15.0 Å². The van der Waals surface area contributed by atoms with E-state index in [2.05, 4.69) is 15.3 Å². The number of pyridine rings is 1. The number of nitrogen functional groups attached to an aromatic ring is 1. The highest BCUT2D eigenvalue weighted by Crippen LogP contribution is 2.41. The molecule has 1 fully saturated rings. The summed E-state index contributed by atoms with van der Waals surface area (Å²) in [6.45, 7) is 4.01. The zero-order valence-corrected chi connectivity index (χ0v) is 14.8. The molecule has 2 atom stereocenters. The first kappa shape index (κ1) is 16.8. The number of rotatable bonds is 3. The number of anilines is 2. The number of nitrogens with one attached hydrogen (secondary N) is 1. The number of fused-ring (bicyclic) bond motifs is 1. The molecular weight excluding hydrogens is 330 g/mol. The lowest BCUT2D eigenvalue weighted by molar-refractivity contribution is 0.0835. The molecule has 2 aromatic rings. The van der Waals surface area contributed by atoms with E-state index >= 15 is 0 Å². The summed E-state index contributed by atoms with van der Waals surface area (Å²) in [7, 11) is 0. The van der Waals surface area contributed by atoms with E-state index in [9.17, 15) is 10.2 Å². The van der Waals surface area contributed by atoms with Gasteiger partial charge in [0.1, 0.15) is 18.0 Å². The SMILES string of the molecule is CC1=CC=C(O)C(C)C1c1nc(NC2CC(O)C2)cc2c(N)ncnc12. The fourth-order valence-corrected chi connectivity index (χ4v) is 3.80. The average Bonchev–Trinajstić information content (AvgIpc) is 2.58. The van der Waals surface area contributed by atoms with Gasteiger partial charge in [0.15, 0.2) is 0 Å². The molecular formula is C19H23N5O2. The highest BCUT2D eigenvalue weighted by atomic mass is 16.3. The highest BCUT2D eigenvalue weighted by Gasteiger charge is 2.32. The summed E-state index contributed by atoms with van der Waals surface area (Å²) in [5.74, 6) is 1.23. The van der Waals surface area contributed by atoms with Crippen LogP contribution < -0.4 is 11.1 Å². The van der Waals surface area contributed by atoms with Crippen LogP contribution in [0.15, 0.2) is 35.9 Å². The van der Waals surface area contributed by atoms with Crippen LogP contribution in [-0.4, -0.2) is 37.3 Å². The molecule has 0 bridgehead atoms. The van der Waals surface area contributed by atoms with Crippen LogP contribution in [-0.2, 0) is 0 Å². The van der Waals surface area contributed by atoms with Crippen LogP contribution in [0.5, 0.6) is 0 Å². The number of hydrogen-bond donors (Lipinski definition) is 4. The minimum atomic E-state index is -0.244. The molecule has 4 rings (SSSR count). The molecule has 7 nitrogen and oxygen atoms in total. The molecule has 136 valence electrons. The van der Waals surface area contributed by atoms with Crippen molar-refractivity contribution in [1.82, 2.24) is 15.0 Å². The Morgan fingerprint density at radius 1 is 1.23 bits per heavy atom. The van der Waals surface area contributed by atoms with Gasteiger partial charge < -0.3 is 21.3 Å². The van der Waals surface area contributed by atoms with Crippen LogP contribution in [0.2, 0.25) is 0 Å². The van der Waals surface area contributed by atoms with Crippen molar-refractivity contribution in [1.29, 1.82) is 0 Å². The molecule has 5 N–H and O–H groups in total. The highest BCUT2D eigenvalue weighted by molar-refractivity contribution is 5.91. The molecule has 2 heterocycles. The molecule has 1 saturated carbocycles. The van der Waals surface area contributed by atoms with Gasteiger partial charge in [-0.2, -0.15) is 0 Å². The first-order chi connectivity index (χ1) is 12.4. The van der Waals surface area contributed by atoms with Crippen molar-refractivity contribution in [3.8, 4) is 0 Å². The van der Waals surface area contributed by atoms with Gasteiger partial charge in [-0.1, -0.05) is 18.6 Å². The second-order valence-corrected chi connectivity index (χ2v) is 7.28. The number of nitrogens with two attached hydrogens (primary N) is 1. The second-order valence-electron chi connectivity index (χ2n) is 7.28. The number of aromatic nitrogens is 3. The van der Waals surface area contributed by atoms with Crippen molar-refractivity contribution < 1.29 is 10.2 Å². The summed E-state index contributed by atoms with van der Waals surface area (Å²) in [5, 5.41) is 23.9. The predicted molar refractivity (Wildman–Crippen MR) is 101 cm³/mol. The zero-order chi connectivity index (χ0) is 18.4. The lowest BCUT2D eigenvalue weighted by Gasteiger charge is -2.33. The molecule has 0 aliphatic heterocycles. The maximum absolute atomic E-state index is 10.2. The van der Waals surface area contributed by atoms with Crippen LogP contribution in [0.4, 0.5) is 11.6 Å². The minimum Gasteiger partial charge on any atom is -0.512 e. The van der Waals surface area contributed by atoms with Crippen molar-refractivity contribution in [2.45, 2.75) is 44.8 Å². The summed E-state index contributed by atoms with van der Waals surface area (Å²) >= 11 is 0. The number of aliphatic hydroxyl groups excluding tert-OH is 2. The monoisotopic (exact) mass is 353 g/mol. The maximum atomic E-state index is 10.2. The van der Waals surface area contributed by atoms with Crippen molar-refractivity contribution in [3.63, 3.8) is 0 Å². The first-order valence-electron chi connectivity index (χ1n) is 8.87. The maximum Gasteiger partial charge on any atom is 0.134 e. The molecule has 2 aliphatic rings. The van der Waals surface area contributed by atoms with Gasteiger partial charge in [-0.05, 0) is 31.9 Å². The molecule has 2 aromatic heterocycles. The van der Waals surface area contributed by atoms with Gasteiger partial charge >= 0.3 is 0 Å². The molecule has 0 radical (unpaired) electrons. The van der Waals surface area contributed by atoms with Gasteiger partial charge in [0, 0.05) is 23.3 Å². The summed E-state index contributed by atoms with van der Waals surface area (Å²) in [6.07, 6.45) is 6.27. The molecule has 0 aromatic carbocycles. The summed E-state index contributed by atoms with van der Waals surface area (Å²) in [4.78, 5) is 13.4. The number of allylic oxidation sites excluding steroid dienone is 4. The average molecular weight is 353 g/mol. The fraction of sp³-hybridized carbons (Fsp3) is 0.421. The minimum absolute atomic E-state index is 0.0921. The van der Waals surface area contributed by atoms with E-state index in [-0.39, 0.29) is 24.0 Å². The Balaban J connectivity index is 1.83. The second kappa shape index (κ2) is 6.25. The van der Waals surface area contributed by atoms with Crippen molar-refractivity contribution >= 4 is 22.5 Å². The van der Waals surface area contributed by atoms with Gasteiger partial charge in [0.05, 0.1) is 23.1 Å². The normalized spacial score (nSPS) is 28.3. The predicted octanol–water partition coefficient (Wildman–Crippen LogP) is 2.66. The van der Waals surface area contributed by atoms with E-state index in [1.165, 1.54) is 6.33 Å². The molecule has 0 amide bonds. The molecule has 0 saturated heterocycles. The third kappa shape index (κ3) is 2.78. The van der Waals surface area contributed by atoms with E-state index < -0.39 is 0 Å².